The number of hydrogen-bond acceptors (Lipinski definition) is 2. The van der Waals surface area contributed by atoms with E-state index in [4.69, 9.17) is 22.1 Å². The molecule has 1 aromatic rings. The Bertz CT molecular complexity index is 404. The van der Waals surface area contributed by atoms with Gasteiger partial charge in [-0.3, -0.25) is 0 Å². The lowest BCUT2D eigenvalue weighted by Crippen LogP contribution is -2.10. The van der Waals surface area contributed by atoms with Gasteiger partial charge in [0.1, 0.15) is 5.75 Å². The Kier molecular flexibility index (Phi) is 6.67. The van der Waals surface area contributed by atoms with E-state index in [1.165, 1.54) is 11.1 Å². The molecule has 0 saturated carbocycles. The summed E-state index contributed by atoms with van der Waals surface area (Å²) in [6, 6.07) is 4.06. The van der Waals surface area contributed by atoms with Gasteiger partial charge in [0.25, 0.3) is 0 Å². The molecule has 1 atom stereocenters. The van der Waals surface area contributed by atoms with Crippen molar-refractivity contribution in [1.82, 2.24) is 0 Å². The van der Waals surface area contributed by atoms with Crippen molar-refractivity contribution in [3.63, 3.8) is 0 Å². The Morgan fingerprint density at radius 3 is 2.47 bits per heavy atom. The fourth-order valence-electron chi connectivity index (χ4n) is 2.34. The van der Waals surface area contributed by atoms with Gasteiger partial charge in [-0.2, -0.15) is 0 Å². The van der Waals surface area contributed by atoms with E-state index in [2.05, 4.69) is 20.8 Å². The van der Waals surface area contributed by atoms with Crippen molar-refractivity contribution in [2.75, 3.05) is 13.2 Å². The molecule has 1 rings (SSSR count). The van der Waals surface area contributed by atoms with Crippen molar-refractivity contribution < 1.29 is 4.74 Å². The Morgan fingerprint density at radius 1 is 1.26 bits per heavy atom. The van der Waals surface area contributed by atoms with Crippen LogP contribution < -0.4 is 10.5 Å². The van der Waals surface area contributed by atoms with Gasteiger partial charge in [-0.05, 0) is 61.4 Å². The Hall–Kier alpha value is -0.730. The molecule has 2 N–H and O–H groups in total. The topological polar surface area (TPSA) is 35.2 Å². The standard InChI is InChI=1S/C16H26ClNO/c1-5-19-16-13(8-12(4)6-7-18)9-14(17)10-15(16)11(2)3/h9-12H,5-8,18H2,1-4H3. The summed E-state index contributed by atoms with van der Waals surface area (Å²) in [6.45, 7) is 9.98. The molecule has 1 aromatic carbocycles. The van der Waals surface area contributed by atoms with E-state index in [9.17, 15) is 0 Å². The quantitative estimate of drug-likeness (QED) is 0.805. The van der Waals surface area contributed by atoms with Gasteiger partial charge < -0.3 is 10.5 Å². The van der Waals surface area contributed by atoms with Crippen molar-refractivity contribution in [2.24, 2.45) is 11.7 Å². The minimum atomic E-state index is 0.406. The number of benzene rings is 1. The molecule has 108 valence electrons. The van der Waals surface area contributed by atoms with Crippen LogP contribution in [0.3, 0.4) is 0 Å². The average molecular weight is 284 g/mol. The number of ether oxygens (including phenoxy) is 1. The van der Waals surface area contributed by atoms with E-state index >= 15 is 0 Å². The fourth-order valence-corrected chi connectivity index (χ4v) is 2.59. The smallest absolute Gasteiger partial charge is 0.126 e. The van der Waals surface area contributed by atoms with Gasteiger partial charge in [-0.1, -0.05) is 32.4 Å². The van der Waals surface area contributed by atoms with Crippen LogP contribution in [0.5, 0.6) is 5.75 Å². The molecule has 1 unspecified atom stereocenters. The highest BCUT2D eigenvalue weighted by molar-refractivity contribution is 6.30. The van der Waals surface area contributed by atoms with Crippen LogP contribution in [-0.4, -0.2) is 13.2 Å². The van der Waals surface area contributed by atoms with E-state index in [1.54, 1.807) is 0 Å². The lowest BCUT2D eigenvalue weighted by atomic mass is 9.93. The van der Waals surface area contributed by atoms with Gasteiger partial charge >= 0.3 is 0 Å². The minimum absolute atomic E-state index is 0.406. The van der Waals surface area contributed by atoms with E-state index in [-0.39, 0.29) is 0 Å². The molecule has 0 amide bonds. The van der Waals surface area contributed by atoms with Crippen LogP contribution in [0, 0.1) is 5.92 Å². The SMILES string of the molecule is CCOc1c(CC(C)CCN)cc(Cl)cc1C(C)C. The first-order valence-electron chi connectivity index (χ1n) is 7.14. The molecule has 0 aliphatic rings. The van der Waals surface area contributed by atoms with Crippen molar-refractivity contribution in [3.05, 3.63) is 28.3 Å². The Morgan fingerprint density at radius 2 is 1.95 bits per heavy atom. The summed E-state index contributed by atoms with van der Waals surface area (Å²) in [7, 11) is 0. The summed E-state index contributed by atoms with van der Waals surface area (Å²) in [4.78, 5) is 0. The van der Waals surface area contributed by atoms with Gasteiger partial charge in [-0.15, -0.1) is 0 Å². The second kappa shape index (κ2) is 7.76. The van der Waals surface area contributed by atoms with Crippen molar-refractivity contribution in [1.29, 1.82) is 0 Å². The largest absolute Gasteiger partial charge is 0.493 e. The zero-order chi connectivity index (χ0) is 14.4. The maximum absolute atomic E-state index is 6.25. The lowest BCUT2D eigenvalue weighted by molar-refractivity contribution is 0.329. The average Bonchev–Trinajstić information content (AvgIpc) is 2.32. The fraction of sp³-hybridized carbons (Fsp3) is 0.625. The van der Waals surface area contributed by atoms with Gasteiger partial charge in [-0.25, -0.2) is 0 Å². The first kappa shape index (κ1) is 16.3. The molecule has 0 radical (unpaired) electrons. The van der Waals surface area contributed by atoms with E-state index in [0.717, 1.165) is 30.2 Å². The van der Waals surface area contributed by atoms with Gasteiger partial charge in [0.05, 0.1) is 6.61 Å². The molecule has 0 spiro atoms. The normalized spacial score (nSPS) is 12.8. The Labute approximate surface area is 122 Å². The van der Waals surface area contributed by atoms with E-state index in [1.807, 2.05) is 19.1 Å². The maximum Gasteiger partial charge on any atom is 0.126 e. The molecule has 19 heavy (non-hydrogen) atoms. The third kappa shape index (κ3) is 4.70. The summed E-state index contributed by atoms with van der Waals surface area (Å²) >= 11 is 6.25. The van der Waals surface area contributed by atoms with E-state index < -0.39 is 0 Å². The number of halogens is 1. The van der Waals surface area contributed by atoms with Crippen LogP contribution in [0.4, 0.5) is 0 Å². The molecule has 0 aliphatic heterocycles. The minimum Gasteiger partial charge on any atom is -0.493 e. The summed E-state index contributed by atoms with van der Waals surface area (Å²) in [5.74, 6) is 1.97. The predicted molar refractivity (Wildman–Crippen MR) is 83.2 cm³/mol. The van der Waals surface area contributed by atoms with Gasteiger partial charge in [0, 0.05) is 5.02 Å². The highest BCUT2D eigenvalue weighted by atomic mass is 35.5. The molecule has 3 heteroatoms. The van der Waals surface area contributed by atoms with Crippen molar-refractivity contribution in [2.45, 2.75) is 46.5 Å². The first-order chi connectivity index (χ1) is 8.99. The van der Waals surface area contributed by atoms with Crippen LogP contribution in [0.1, 0.15) is 51.2 Å². The molecule has 0 aliphatic carbocycles. The lowest BCUT2D eigenvalue weighted by Gasteiger charge is -2.20. The number of rotatable bonds is 7. The predicted octanol–water partition coefficient (Wildman–Crippen LogP) is 4.39. The van der Waals surface area contributed by atoms with Crippen LogP contribution >= 0.6 is 11.6 Å². The Balaban J connectivity index is 3.12. The van der Waals surface area contributed by atoms with Crippen molar-refractivity contribution >= 4 is 11.6 Å². The van der Waals surface area contributed by atoms with Crippen molar-refractivity contribution in [3.8, 4) is 5.75 Å². The first-order valence-corrected chi connectivity index (χ1v) is 7.52. The molecule has 0 saturated heterocycles. The molecular weight excluding hydrogens is 258 g/mol. The summed E-state index contributed by atoms with van der Waals surface area (Å²) in [5, 5.41) is 0.794. The van der Waals surface area contributed by atoms with Gasteiger partial charge in [0.2, 0.25) is 0 Å². The summed E-state index contributed by atoms with van der Waals surface area (Å²) in [5.41, 5.74) is 8.04. The molecule has 2 nitrogen and oxygen atoms in total. The van der Waals surface area contributed by atoms with Crippen LogP contribution in [0.25, 0.3) is 0 Å². The highest BCUT2D eigenvalue weighted by Crippen LogP contribution is 2.35. The second-order valence-electron chi connectivity index (χ2n) is 5.46. The third-order valence-electron chi connectivity index (χ3n) is 3.30. The summed E-state index contributed by atoms with van der Waals surface area (Å²) < 4.78 is 5.87. The van der Waals surface area contributed by atoms with E-state index in [0.29, 0.717) is 18.4 Å². The molecule has 0 bridgehead atoms. The zero-order valence-corrected chi connectivity index (χ0v) is 13.3. The maximum atomic E-state index is 6.25. The van der Waals surface area contributed by atoms with Crippen LogP contribution in [0.15, 0.2) is 12.1 Å². The number of nitrogens with two attached hydrogens (primary N) is 1. The molecule has 0 fully saturated rings. The number of hydrogen-bond donors (Lipinski definition) is 1. The molecular formula is C16H26ClNO. The monoisotopic (exact) mass is 283 g/mol. The highest BCUT2D eigenvalue weighted by Gasteiger charge is 2.16. The molecule has 0 aromatic heterocycles. The van der Waals surface area contributed by atoms with Crippen LogP contribution in [-0.2, 0) is 6.42 Å². The van der Waals surface area contributed by atoms with Gasteiger partial charge in [0.15, 0.2) is 0 Å². The molecule has 0 heterocycles. The zero-order valence-electron chi connectivity index (χ0n) is 12.5. The summed E-state index contributed by atoms with van der Waals surface area (Å²) in [6.07, 6.45) is 1.99. The third-order valence-corrected chi connectivity index (χ3v) is 3.52. The second-order valence-corrected chi connectivity index (χ2v) is 5.89. The van der Waals surface area contributed by atoms with Crippen LogP contribution in [0.2, 0.25) is 5.02 Å².